The lowest BCUT2D eigenvalue weighted by Gasteiger charge is -2.65. The van der Waals surface area contributed by atoms with Crippen LogP contribution in [0.15, 0.2) is 36.4 Å². The van der Waals surface area contributed by atoms with Crippen molar-refractivity contribution in [2.75, 3.05) is 7.11 Å². The van der Waals surface area contributed by atoms with Gasteiger partial charge in [-0.15, -0.1) is 0 Å². The Bertz CT molecular complexity index is 987. The molecular formula is C27H33Cl2NO2. The summed E-state index contributed by atoms with van der Waals surface area (Å²) in [6.45, 7) is 6.23. The van der Waals surface area contributed by atoms with Crippen LogP contribution in [0.5, 0.6) is 11.5 Å². The van der Waals surface area contributed by atoms with Gasteiger partial charge in [-0.25, -0.2) is 0 Å². The van der Waals surface area contributed by atoms with E-state index in [4.69, 9.17) is 32.7 Å². The molecule has 5 heteroatoms. The van der Waals surface area contributed by atoms with Crippen molar-refractivity contribution in [2.24, 2.45) is 16.7 Å². The van der Waals surface area contributed by atoms with Crippen LogP contribution in [0.3, 0.4) is 0 Å². The molecule has 4 fully saturated rings. The monoisotopic (exact) mass is 473 g/mol. The highest BCUT2D eigenvalue weighted by atomic mass is 35.5. The third kappa shape index (κ3) is 4.36. The van der Waals surface area contributed by atoms with Gasteiger partial charge in [0.1, 0.15) is 6.61 Å². The molecule has 0 aromatic heterocycles. The van der Waals surface area contributed by atoms with Gasteiger partial charge in [0.2, 0.25) is 0 Å². The molecule has 172 valence electrons. The van der Waals surface area contributed by atoms with Crippen LogP contribution in [0, 0.1) is 16.7 Å². The maximum Gasteiger partial charge on any atom is 0.180 e. The van der Waals surface area contributed by atoms with E-state index in [1.54, 1.807) is 7.11 Å². The number of ether oxygens (including phenoxy) is 2. The first-order valence-corrected chi connectivity index (χ1v) is 12.4. The van der Waals surface area contributed by atoms with Crippen LogP contribution in [0.1, 0.15) is 63.5 Å². The molecule has 32 heavy (non-hydrogen) atoms. The fourth-order valence-corrected chi connectivity index (χ4v) is 8.10. The van der Waals surface area contributed by atoms with E-state index in [2.05, 4.69) is 25.2 Å². The van der Waals surface area contributed by atoms with Crippen molar-refractivity contribution < 1.29 is 9.47 Å². The van der Waals surface area contributed by atoms with Gasteiger partial charge in [-0.1, -0.05) is 49.2 Å². The van der Waals surface area contributed by atoms with E-state index in [0.29, 0.717) is 39.0 Å². The van der Waals surface area contributed by atoms with Crippen molar-refractivity contribution in [3.05, 3.63) is 57.6 Å². The summed E-state index contributed by atoms with van der Waals surface area (Å²) in [4.78, 5) is 0. The summed E-state index contributed by atoms with van der Waals surface area (Å²) in [6.07, 6.45) is 8.10. The lowest BCUT2D eigenvalue weighted by atomic mass is 9.43. The van der Waals surface area contributed by atoms with Crippen LogP contribution in [0.2, 0.25) is 10.0 Å². The summed E-state index contributed by atoms with van der Waals surface area (Å²) in [5, 5.41) is 5.28. The van der Waals surface area contributed by atoms with Crippen molar-refractivity contribution >= 4 is 23.2 Å². The van der Waals surface area contributed by atoms with Crippen LogP contribution in [0.25, 0.3) is 0 Å². The SMILES string of the molecule is COc1cc(CNC23CC4C[C@@](C)(C2)C[C@](C)(C4)C3)cc(Cl)c1OCc1ccc(Cl)cc1. The van der Waals surface area contributed by atoms with Crippen LogP contribution in [0.4, 0.5) is 0 Å². The molecule has 0 saturated heterocycles. The summed E-state index contributed by atoms with van der Waals surface area (Å²) >= 11 is 12.6. The van der Waals surface area contributed by atoms with E-state index in [-0.39, 0.29) is 5.54 Å². The highest BCUT2D eigenvalue weighted by Gasteiger charge is 2.59. The molecule has 0 radical (unpaired) electrons. The molecular weight excluding hydrogens is 441 g/mol. The number of benzene rings is 2. The van der Waals surface area contributed by atoms with E-state index < -0.39 is 0 Å². The molecule has 4 atom stereocenters. The Balaban J connectivity index is 1.30. The van der Waals surface area contributed by atoms with Gasteiger partial charge < -0.3 is 14.8 Å². The number of hydrogen-bond acceptors (Lipinski definition) is 3. The molecule has 1 N–H and O–H groups in total. The Hall–Kier alpha value is -1.42. The van der Waals surface area contributed by atoms with Crippen LogP contribution >= 0.6 is 23.2 Å². The zero-order valence-corrected chi connectivity index (χ0v) is 20.8. The van der Waals surface area contributed by atoms with Gasteiger partial charge in [0.25, 0.3) is 0 Å². The zero-order chi connectivity index (χ0) is 22.6. The summed E-state index contributed by atoms with van der Waals surface area (Å²) in [5.74, 6) is 2.13. The fraction of sp³-hybridized carbons (Fsp3) is 0.556. The van der Waals surface area contributed by atoms with Gasteiger partial charge in [-0.2, -0.15) is 0 Å². The Morgan fingerprint density at radius 3 is 2.25 bits per heavy atom. The second-order valence-corrected chi connectivity index (χ2v) is 12.1. The Morgan fingerprint density at radius 2 is 1.62 bits per heavy atom. The minimum atomic E-state index is 0.256. The molecule has 2 unspecified atom stereocenters. The molecule has 2 aromatic carbocycles. The highest BCUT2D eigenvalue weighted by Crippen LogP contribution is 2.66. The third-order valence-corrected chi connectivity index (χ3v) is 8.41. The number of rotatable bonds is 7. The largest absolute Gasteiger partial charge is 0.493 e. The minimum absolute atomic E-state index is 0.256. The van der Waals surface area contributed by atoms with Gasteiger partial charge in [-0.05, 0) is 90.7 Å². The first-order chi connectivity index (χ1) is 15.2. The summed E-state index contributed by atoms with van der Waals surface area (Å²) in [7, 11) is 1.67. The van der Waals surface area contributed by atoms with E-state index >= 15 is 0 Å². The Kier molecular flexibility index (Phi) is 5.67. The lowest BCUT2D eigenvalue weighted by molar-refractivity contribution is -0.118. The topological polar surface area (TPSA) is 30.5 Å². The number of nitrogens with one attached hydrogen (secondary N) is 1. The first-order valence-electron chi connectivity index (χ1n) is 11.7. The van der Waals surface area contributed by atoms with Gasteiger partial charge in [-0.3, -0.25) is 0 Å². The molecule has 0 heterocycles. The fourth-order valence-electron chi connectivity index (χ4n) is 7.69. The molecule has 3 nitrogen and oxygen atoms in total. The van der Waals surface area contributed by atoms with E-state index in [1.807, 2.05) is 30.3 Å². The minimum Gasteiger partial charge on any atom is -0.493 e. The Labute approximate surface area is 201 Å². The van der Waals surface area contributed by atoms with Crippen molar-refractivity contribution in [1.29, 1.82) is 0 Å². The predicted molar refractivity (Wildman–Crippen MR) is 131 cm³/mol. The predicted octanol–water partition coefficient (Wildman–Crippen LogP) is 7.42. The molecule has 6 rings (SSSR count). The van der Waals surface area contributed by atoms with E-state index in [0.717, 1.165) is 23.6 Å². The molecule has 0 amide bonds. The molecule has 4 aliphatic carbocycles. The standard InChI is InChI=1S/C27H33Cl2NO2/c1-25-10-20-11-26(2,15-25)17-27(12-20,16-25)30-13-19-8-22(29)24(23(9-19)31-3)32-14-18-4-6-21(28)7-5-18/h4-9,20,30H,10-17H2,1-3H3/t20?,25-,26+,27?. The maximum atomic E-state index is 6.65. The maximum absolute atomic E-state index is 6.65. The van der Waals surface area contributed by atoms with Crippen LogP contribution in [-0.4, -0.2) is 12.6 Å². The zero-order valence-electron chi connectivity index (χ0n) is 19.3. The number of halogens is 2. The number of hydrogen-bond donors (Lipinski definition) is 1. The second kappa shape index (κ2) is 8.11. The quantitative estimate of drug-likeness (QED) is 0.453. The van der Waals surface area contributed by atoms with Gasteiger partial charge in [0.15, 0.2) is 11.5 Å². The molecule has 0 aliphatic heterocycles. The summed E-state index contributed by atoms with van der Waals surface area (Å²) in [6, 6.07) is 11.7. The van der Waals surface area contributed by atoms with Crippen molar-refractivity contribution in [3.8, 4) is 11.5 Å². The van der Waals surface area contributed by atoms with Crippen molar-refractivity contribution in [3.63, 3.8) is 0 Å². The van der Waals surface area contributed by atoms with Crippen LogP contribution in [-0.2, 0) is 13.2 Å². The highest BCUT2D eigenvalue weighted by molar-refractivity contribution is 6.32. The molecule has 2 aromatic rings. The van der Waals surface area contributed by atoms with Crippen molar-refractivity contribution in [2.45, 2.75) is 71.1 Å². The normalized spacial score (nSPS) is 32.8. The molecule has 0 spiro atoms. The molecule has 4 bridgehead atoms. The average Bonchev–Trinajstić information content (AvgIpc) is 2.70. The summed E-state index contributed by atoms with van der Waals surface area (Å²) in [5.41, 5.74) is 3.41. The number of methoxy groups -OCH3 is 1. The van der Waals surface area contributed by atoms with Gasteiger partial charge in [0.05, 0.1) is 12.1 Å². The van der Waals surface area contributed by atoms with Crippen LogP contribution < -0.4 is 14.8 Å². The lowest BCUT2D eigenvalue weighted by Crippen LogP contribution is -2.63. The summed E-state index contributed by atoms with van der Waals surface area (Å²) < 4.78 is 11.7. The van der Waals surface area contributed by atoms with Gasteiger partial charge >= 0.3 is 0 Å². The Morgan fingerprint density at radius 1 is 0.938 bits per heavy atom. The molecule has 4 aliphatic rings. The smallest absolute Gasteiger partial charge is 0.180 e. The average molecular weight is 474 g/mol. The first kappa shape index (κ1) is 22.4. The molecule has 4 saturated carbocycles. The third-order valence-electron chi connectivity index (χ3n) is 7.88. The van der Waals surface area contributed by atoms with Gasteiger partial charge in [0, 0.05) is 17.1 Å². The van der Waals surface area contributed by atoms with Crippen molar-refractivity contribution in [1.82, 2.24) is 5.32 Å². The van der Waals surface area contributed by atoms with E-state index in [1.165, 1.54) is 38.5 Å². The second-order valence-electron chi connectivity index (χ2n) is 11.3. The van der Waals surface area contributed by atoms with E-state index in [9.17, 15) is 0 Å².